The molecule has 0 spiro atoms. The maximum Gasteiger partial charge on any atom is 0.271 e. The fourth-order valence-electron chi connectivity index (χ4n) is 2.92. The average molecular weight is 431 g/mol. The first kappa shape index (κ1) is 20.9. The first-order valence-corrected chi connectivity index (χ1v) is 9.36. The summed E-state index contributed by atoms with van der Waals surface area (Å²) in [5.41, 5.74) is 1.08. The Bertz CT molecular complexity index is 1090. The molecule has 3 rings (SSSR count). The van der Waals surface area contributed by atoms with Crippen LogP contribution in [0.25, 0.3) is 17.4 Å². The highest BCUT2D eigenvalue weighted by Gasteiger charge is 2.35. The van der Waals surface area contributed by atoms with Gasteiger partial charge in [0.1, 0.15) is 23.2 Å². The van der Waals surface area contributed by atoms with Crippen LogP contribution in [0.3, 0.4) is 0 Å². The lowest BCUT2D eigenvalue weighted by Gasteiger charge is -2.26. The highest BCUT2D eigenvalue weighted by Crippen LogP contribution is 2.33. The van der Waals surface area contributed by atoms with Crippen LogP contribution in [0.1, 0.15) is 12.7 Å². The van der Waals surface area contributed by atoms with Gasteiger partial charge in [-0.2, -0.15) is 5.26 Å². The average Bonchev–Trinajstić information content (AvgIpc) is 3.14. The normalized spacial score (nSPS) is 16.0. The molecular formula is C21H16Cl2N2O4. The van der Waals surface area contributed by atoms with Gasteiger partial charge in [-0.05, 0) is 48.9 Å². The van der Waals surface area contributed by atoms with Crippen LogP contribution in [0.15, 0.2) is 51.5 Å². The van der Waals surface area contributed by atoms with Gasteiger partial charge >= 0.3 is 0 Å². The summed E-state index contributed by atoms with van der Waals surface area (Å²) in [4.78, 5) is 26.3. The number of carbonyl (C=O) groups excluding carboxylic acids is 2. The summed E-state index contributed by atoms with van der Waals surface area (Å²) >= 11 is 12.1. The Labute approximate surface area is 177 Å². The monoisotopic (exact) mass is 430 g/mol. The zero-order valence-electron chi connectivity index (χ0n) is 15.7. The van der Waals surface area contributed by atoms with Crippen LogP contribution in [0.2, 0.25) is 10.0 Å². The highest BCUT2D eigenvalue weighted by atomic mass is 35.5. The van der Waals surface area contributed by atoms with Gasteiger partial charge in [-0.15, -0.1) is 0 Å². The van der Waals surface area contributed by atoms with E-state index in [4.69, 9.17) is 32.4 Å². The lowest BCUT2D eigenvalue weighted by molar-refractivity contribution is -0.141. The van der Waals surface area contributed by atoms with Crippen molar-refractivity contribution in [3.8, 4) is 17.4 Å². The van der Waals surface area contributed by atoms with E-state index in [1.807, 2.05) is 6.07 Å². The minimum atomic E-state index is -0.628. The third-order valence-corrected chi connectivity index (χ3v) is 5.00. The summed E-state index contributed by atoms with van der Waals surface area (Å²) < 4.78 is 10.8. The molecule has 0 N–H and O–H groups in total. The summed E-state index contributed by atoms with van der Waals surface area (Å²) in [7, 11) is 1.47. The predicted molar refractivity (Wildman–Crippen MR) is 109 cm³/mol. The predicted octanol–water partition coefficient (Wildman–Crippen LogP) is 4.49. The van der Waals surface area contributed by atoms with Gasteiger partial charge < -0.3 is 9.15 Å². The Balaban J connectivity index is 2.01. The lowest BCUT2D eigenvalue weighted by atomic mass is 9.95. The molecule has 2 heterocycles. The SMILES string of the molecule is COCCN1C(=O)C(=Cc2ccc(-c3ccc(Cl)cc3Cl)o2)C(C)=C(C#N)C1=O. The van der Waals surface area contributed by atoms with E-state index in [-0.39, 0.29) is 24.3 Å². The minimum Gasteiger partial charge on any atom is -0.457 e. The van der Waals surface area contributed by atoms with Crippen molar-refractivity contribution in [2.24, 2.45) is 0 Å². The molecule has 0 saturated heterocycles. The molecule has 148 valence electrons. The number of rotatable bonds is 5. The maximum absolute atomic E-state index is 12.8. The second-order valence-corrected chi connectivity index (χ2v) is 7.09. The van der Waals surface area contributed by atoms with Crippen LogP contribution in [0.5, 0.6) is 0 Å². The molecule has 29 heavy (non-hydrogen) atoms. The van der Waals surface area contributed by atoms with Crippen molar-refractivity contribution in [2.75, 3.05) is 20.3 Å². The van der Waals surface area contributed by atoms with Crippen LogP contribution in [-0.2, 0) is 14.3 Å². The number of carbonyl (C=O) groups is 2. The van der Waals surface area contributed by atoms with Crippen LogP contribution in [0, 0.1) is 11.3 Å². The number of halogens is 2. The quantitative estimate of drug-likeness (QED) is 0.515. The largest absolute Gasteiger partial charge is 0.457 e. The van der Waals surface area contributed by atoms with Crippen molar-refractivity contribution in [3.63, 3.8) is 0 Å². The molecule has 2 aromatic rings. The first-order valence-electron chi connectivity index (χ1n) is 8.60. The number of nitriles is 1. The Morgan fingerprint density at radius 2 is 1.97 bits per heavy atom. The van der Waals surface area contributed by atoms with Crippen LogP contribution >= 0.6 is 23.2 Å². The van der Waals surface area contributed by atoms with E-state index in [0.717, 1.165) is 4.90 Å². The third-order valence-electron chi connectivity index (χ3n) is 4.45. The summed E-state index contributed by atoms with van der Waals surface area (Å²) in [5, 5.41) is 10.3. The molecule has 1 aromatic heterocycles. The molecule has 0 aliphatic carbocycles. The number of furan rings is 1. The molecule has 0 radical (unpaired) electrons. The van der Waals surface area contributed by atoms with Crippen molar-refractivity contribution in [1.29, 1.82) is 5.26 Å². The van der Waals surface area contributed by atoms with Crippen molar-refractivity contribution in [2.45, 2.75) is 6.92 Å². The Hall–Kier alpha value is -2.85. The van der Waals surface area contributed by atoms with Crippen molar-refractivity contribution in [3.05, 3.63) is 62.9 Å². The number of hydrogen-bond acceptors (Lipinski definition) is 5. The number of benzene rings is 1. The molecule has 8 heteroatoms. The second kappa shape index (κ2) is 8.66. The molecule has 1 aliphatic heterocycles. The topological polar surface area (TPSA) is 83.5 Å². The molecule has 0 fully saturated rings. The number of ether oxygens (including phenoxy) is 1. The van der Waals surface area contributed by atoms with Gasteiger partial charge in [-0.25, -0.2) is 0 Å². The van der Waals surface area contributed by atoms with Gasteiger partial charge in [-0.3, -0.25) is 14.5 Å². The fraction of sp³-hybridized carbons (Fsp3) is 0.190. The van der Waals surface area contributed by atoms with E-state index in [9.17, 15) is 14.9 Å². The zero-order valence-corrected chi connectivity index (χ0v) is 17.2. The van der Waals surface area contributed by atoms with Gasteiger partial charge in [0.2, 0.25) is 0 Å². The smallest absolute Gasteiger partial charge is 0.271 e. The van der Waals surface area contributed by atoms with Crippen molar-refractivity contribution in [1.82, 2.24) is 4.90 Å². The molecule has 2 amide bonds. The molecule has 0 saturated carbocycles. The molecule has 0 atom stereocenters. The number of methoxy groups -OCH3 is 1. The van der Waals surface area contributed by atoms with E-state index in [0.29, 0.717) is 32.7 Å². The van der Waals surface area contributed by atoms with Gasteiger partial charge in [0, 0.05) is 23.3 Å². The number of nitrogens with zero attached hydrogens (tertiary/aromatic N) is 2. The first-order chi connectivity index (χ1) is 13.9. The second-order valence-electron chi connectivity index (χ2n) is 6.25. The summed E-state index contributed by atoms with van der Waals surface area (Å²) in [6, 6.07) is 10.3. The number of amides is 2. The van der Waals surface area contributed by atoms with Gasteiger partial charge in [0.15, 0.2) is 0 Å². The molecular weight excluding hydrogens is 415 g/mol. The number of hydrogen-bond donors (Lipinski definition) is 0. The molecule has 0 unspecified atom stereocenters. The van der Waals surface area contributed by atoms with E-state index in [2.05, 4.69) is 0 Å². The van der Waals surface area contributed by atoms with Crippen LogP contribution < -0.4 is 0 Å². The van der Waals surface area contributed by atoms with E-state index in [1.54, 1.807) is 37.3 Å². The van der Waals surface area contributed by atoms with Crippen molar-refractivity contribution >= 4 is 41.1 Å². The number of imide groups is 1. The fourth-order valence-corrected chi connectivity index (χ4v) is 3.42. The van der Waals surface area contributed by atoms with Gasteiger partial charge in [0.25, 0.3) is 11.8 Å². The molecule has 1 aliphatic rings. The van der Waals surface area contributed by atoms with Gasteiger partial charge in [0.05, 0.1) is 18.2 Å². The maximum atomic E-state index is 12.8. The zero-order chi connectivity index (χ0) is 21.1. The van der Waals surface area contributed by atoms with Crippen LogP contribution in [-0.4, -0.2) is 37.0 Å². The highest BCUT2D eigenvalue weighted by molar-refractivity contribution is 6.36. The van der Waals surface area contributed by atoms with Crippen LogP contribution in [0.4, 0.5) is 0 Å². The van der Waals surface area contributed by atoms with E-state index >= 15 is 0 Å². The summed E-state index contributed by atoms with van der Waals surface area (Å²) in [5.74, 6) is -0.258. The van der Waals surface area contributed by atoms with E-state index < -0.39 is 11.8 Å². The molecule has 0 bridgehead atoms. The molecule has 1 aromatic carbocycles. The summed E-state index contributed by atoms with van der Waals surface area (Å²) in [6.07, 6.45) is 1.51. The Morgan fingerprint density at radius 3 is 2.62 bits per heavy atom. The standard InChI is InChI=1S/C21H16Cl2N2O4/c1-12-16(20(26)25(7-8-28-2)21(27)17(12)11-24)10-14-4-6-19(29-14)15-5-3-13(22)9-18(15)23/h3-6,9-10H,7-8H2,1-2H3. The van der Waals surface area contributed by atoms with Gasteiger partial charge in [-0.1, -0.05) is 23.2 Å². The third kappa shape index (κ3) is 4.13. The lowest BCUT2D eigenvalue weighted by Crippen LogP contribution is -2.44. The van der Waals surface area contributed by atoms with E-state index in [1.165, 1.54) is 13.2 Å². The minimum absolute atomic E-state index is 0.0494. The summed E-state index contributed by atoms with van der Waals surface area (Å²) in [6.45, 7) is 1.78. The molecule has 6 nitrogen and oxygen atoms in total. The Morgan fingerprint density at radius 1 is 1.21 bits per heavy atom. The Kier molecular flexibility index (Phi) is 6.23. The van der Waals surface area contributed by atoms with Crippen molar-refractivity contribution < 1.29 is 18.7 Å².